The summed E-state index contributed by atoms with van der Waals surface area (Å²) in [5.74, 6) is -0.952. The number of carbonyl (C=O) groups is 2. The van der Waals surface area contributed by atoms with E-state index >= 15 is 0 Å². The molecule has 7 N–H and O–H groups in total. The topological polar surface area (TPSA) is 231 Å². The predicted molar refractivity (Wildman–Crippen MR) is 238 cm³/mol. The van der Waals surface area contributed by atoms with Crippen LogP contribution in [0.15, 0.2) is 24.3 Å². The number of aliphatic hydroxyl groups excluding tert-OH is 7. The van der Waals surface area contributed by atoms with Crippen molar-refractivity contribution in [2.24, 2.45) is 0 Å². The lowest BCUT2D eigenvalue weighted by Gasteiger charge is -2.42. The van der Waals surface area contributed by atoms with Crippen molar-refractivity contribution in [3.8, 4) is 0 Å². The van der Waals surface area contributed by atoms with Crippen LogP contribution < -0.4 is 0 Å². The first-order valence-electron chi connectivity index (χ1n) is 24.4. The highest BCUT2D eigenvalue weighted by Gasteiger charge is 2.47. The van der Waals surface area contributed by atoms with E-state index in [1.807, 2.05) is 0 Å². The monoisotopic (exact) mass is 903 g/mol. The molecule has 0 saturated carbocycles. The molecule has 4 unspecified atom stereocenters. The van der Waals surface area contributed by atoms with Crippen LogP contribution in [0.2, 0.25) is 0 Å². The van der Waals surface area contributed by atoms with Crippen molar-refractivity contribution in [2.75, 3.05) is 26.4 Å². The van der Waals surface area contributed by atoms with Crippen molar-refractivity contribution in [1.29, 1.82) is 0 Å². The maximum absolute atomic E-state index is 12.9. The SMILES string of the molecule is CCCCCCC/C=C/CCCCCCCC(=O)OC[C@H](CO[C@@H]1O[C@H](CO[C@@H]2O[C@H](CO)[C@H](O)C(O)C2O)[C@H](O)C(O)C1O)OC(=O)CCCCC/C=C/CCCCCCCC. The van der Waals surface area contributed by atoms with Gasteiger partial charge in [0.25, 0.3) is 0 Å². The zero-order chi connectivity index (χ0) is 46.1. The summed E-state index contributed by atoms with van der Waals surface area (Å²) in [6, 6.07) is 0. The Hall–Kier alpha value is -2.02. The Balaban J connectivity index is 1.84. The van der Waals surface area contributed by atoms with Crippen molar-refractivity contribution in [3.05, 3.63) is 24.3 Å². The number of esters is 2. The Bertz CT molecular complexity index is 1200. The van der Waals surface area contributed by atoms with Crippen LogP contribution in [-0.2, 0) is 38.0 Å². The third-order valence-corrected chi connectivity index (χ3v) is 11.7. The third-order valence-electron chi connectivity index (χ3n) is 11.7. The maximum Gasteiger partial charge on any atom is 0.306 e. The fourth-order valence-corrected chi connectivity index (χ4v) is 7.56. The number of ether oxygens (including phenoxy) is 6. The van der Waals surface area contributed by atoms with Crippen LogP contribution in [0.1, 0.15) is 174 Å². The van der Waals surface area contributed by atoms with Gasteiger partial charge in [-0.3, -0.25) is 9.59 Å². The molecule has 0 spiro atoms. The van der Waals surface area contributed by atoms with E-state index in [1.54, 1.807) is 0 Å². The number of carbonyl (C=O) groups excluding carboxylic acids is 2. The summed E-state index contributed by atoms with van der Waals surface area (Å²) in [7, 11) is 0. The second-order valence-corrected chi connectivity index (χ2v) is 17.3. The van der Waals surface area contributed by atoms with Crippen molar-refractivity contribution in [3.63, 3.8) is 0 Å². The molecule has 2 heterocycles. The molecular weight excluding hydrogens is 817 g/mol. The Morgan fingerprint density at radius 1 is 0.492 bits per heavy atom. The van der Waals surface area contributed by atoms with Gasteiger partial charge >= 0.3 is 11.9 Å². The first-order chi connectivity index (χ1) is 30.5. The number of rotatable bonds is 37. The Morgan fingerprint density at radius 3 is 1.41 bits per heavy atom. The molecule has 2 aliphatic heterocycles. The minimum absolute atomic E-state index is 0.144. The predicted octanol–water partition coefficient (Wildman–Crippen LogP) is 5.99. The van der Waals surface area contributed by atoms with Gasteiger partial charge in [-0.25, -0.2) is 0 Å². The van der Waals surface area contributed by atoms with Crippen molar-refractivity contribution in [1.82, 2.24) is 0 Å². The van der Waals surface area contributed by atoms with Gasteiger partial charge in [-0.2, -0.15) is 0 Å². The summed E-state index contributed by atoms with van der Waals surface area (Å²) in [5.41, 5.74) is 0. The maximum atomic E-state index is 12.9. The minimum atomic E-state index is -1.77. The summed E-state index contributed by atoms with van der Waals surface area (Å²) in [5, 5.41) is 71.9. The molecule has 0 bridgehead atoms. The van der Waals surface area contributed by atoms with Gasteiger partial charge in [-0.05, 0) is 64.2 Å². The third kappa shape index (κ3) is 24.9. The van der Waals surface area contributed by atoms with E-state index in [0.29, 0.717) is 12.8 Å². The first kappa shape index (κ1) is 57.1. The van der Waals surface area contributed by atoms with Crippen LogP contribution in [0, 0.1) is 0 Å². The Labute approximate surface area is 377 Å². The van der Waals surface area contributed by atoms with E-state index in [0.717, 1.165) is 64.2 Å². The van der Waals surface area contributed by atoms with Crippen LogP contribution in [0.4, 0.5) is 0 Å². The van der Waals surface area contributed by atoms with Gasteiger partial charge in [0, 0.05) is 12.8 Å². The standard InChI is InChI=1S/C48H86O15/c1-3-5-7-9-11-13-15-17-19-20-22-24-26-28-30-39(50)58-33-36(61-40(51)31-29-27-25-23-21-18-16-14-12-10-8-6-4-2)34-59-47-46(57)44(55)42(53)38(63-47)35-60-48-45(56)43(54)41(52)37(32-49)62-48/h15,17-18,21,36-38,41-49,52-57H,3-14,16,19-20,22-35H2,1-2H3/b17-15+,21-18+/t36-,37-,38-,41+,42+,43?,44?,45?,46?,47-,48-/m1/s1. The highest BCUT2D eigenvalue weighted by Crippen LogP contribution is 2.26. The van der Waals surface area contributed by atoms with Gasteiger partial charge in [0.1, 0.15) is 55.4 Å². The number of hydrogen-bond acceptors (Lipinski definition) is 15. The molecule has 63 heavy (non-hydrogen) atoms. The van der Waals surface area contributed by atoms with Crippen LogP contribution in [0.3, 0.4) is 0 Å². The normalized spacial score (nSPS) is 27.0. The van der Waals surface area contributed by atoms with E-state index < -0.39 is 92.7 Å². The van der Waals surface area contributed by atoms with Crippen LogP contribution in [0.5, 0.6) is 0 Å². The van der Waals surface area contributed by atoms with Crippen LogP contribution >= 0.6 is 0 Å². The molecule has 368 valence electrons. The lowest BCUT2D eigenvalue weighted by molar-refractivity contribution is -0.332. The zero-order valence-electron chi connectivity index (χ0n) is 38.6. The second kappa shape index (κ2) is 36.1. The van der Waals surface area contributed by atoms with Gasteiger partial charge in [0.2, 0.25) is 0 Å². The molecule has 0 amide bonds. The van der Waals surface area contributed by atoms with E-state index in [1.165, 1.54) is 70.6 Å². The molecule has 2 saturated heterocycles. The fraction of sp³-hybridized carbons (Fsp3) is 0.875. The molecule has 2 aliphatic rings. The Kier molecular flexibility index (Phi) is 32.8. The molecule has 15 heteroatoms. The van der Waals surface area contributed by atoms with Gasteiger partial charge in [0.05, 0.1) is 19.8 Å². The number of unbranched alkanes of at least 4 members (excludes halogenated alkanes) is 19. The quantitative estimate of drug-likeness (QED) is 0.0216. The second-order valence-electron chi connectivity index (χ2n) is 17.3. The smallest absolute Gasteiger partial charge is 0.306 e. The molecule has 2 rings (SSSR count). The summed E-state index contributed by atoms with van der Waals surface area (Å²) in [6.45, 7) is 2.54. The number of aliphatic hydroxyl groups is 7. The fourth-order valence-electron chi connectivity index (χ4n) is 7.56. The van der Waals surface area contributed by atoms with Gasteiger partial charge in [0.15, 0.2) is 18.7 Å². The Morgan fingerprint density at radius 2 is 0.905 bits per heavy atom. The van der Waals surface area contributed by atoms with Crippen molar-refractivity contribution in [2.45, 2.75) is 242 Å². The summed E-state index contributed by atoms with van der Waals surface area (Å²) in [4.78, 5) is 25.7. The number of hydrogen-bond donors (Lipinski definition) is 7. The lowest BCUT2D eigenvalue weighted by atomic mass is 9.98. The van der Waals surface area contributed by atoms with Gasteiger partial charge < -0.3 is 64.2 Å². The number of allylic oxidation sites excluding steroid dienone is 4. The average molecular weight is 903 g/mol. The van der Waals surface area contributed by atoms with Gasteiger partial charge in [-0.15, -0.1) is 0 Å². The van der Waals surface area contributed by atoms with E-state index in [4.69, 9.17) is 28.4 Å². The van der Waals surface area contributed by atoms with Crippen molar-refractivity contribution < 1.29 is 73.8 Å². The van der Waals surface area contributed by atoms with E-state index in [2.05, 4.69) is 38.2 Å². The highest BCUT2D eigenvalue weighted by molar-refractivity contribution is 5.70. The van der Waals surface area contributed by atoms with E-state index in [9.17, 15) is 45.3 Å². The molecule has 0 radical (unpaired) electrons. The molecule has 0 aromatic rings. The van der Waals surface area contributed by atoms with Gasteiger partial charge in [-0.1, -0.05) is 122 Å². The van der Waals surface area contributed by atoms with Crippen LogP contribution in [-0.4, -0.2) is 142 Å². The largest absolute Gasteiger partial charge is 0.462 e. The van der Waals surface area contributed by atoms with Crippen molar-refractivity contribution >= 4 is 11.9 Å². The molecule has 0 aliphatic carbocycles. The lowest BCUT2D eigenvalue weighted by Crippen LogP contribution is -2.61. The summed E-state index contributed by atoms with van der Waals surface area (Å²) in [6.07, 6.45) is 17.9. The molecule has 15 nitrogen and oxygen atoms in total. The zero-order valence-corrected chi connectivity index (χ0v) is 38.6. The van der Waals surface area contributed by atoms with E-state index in [-0.39, 0.29) is 26.1 Å². The van der Waals surface area contributed by atoms with Crippen LogP contribution in [0.25, 0.3) is 0 Å². The molecule has 0 aromatic carbocycles. The molecule has 11 atom stereocenters. The molecule has 0 aromatic heterocycles. The molecule has 2 fully saturated rings. The first-order valence-corrected chi connectivity index (χ1v) is 24.4. The summed E-state index contributed by atoms with van der Waals surface area (Å²) < 4.78 is 33.5. The molecular formula is C48H86O15. The summed E-state index contributed by atoms with van der Waals surface area (Å²) >= 11 is 0. The minimum Gasteiger partial charge on any atom is -0.462 e. The highest BCUT2D eigenvalue weighted by atomic mass is 16.7. The average Bonchev–Trinajstić information content (AvgIpc) is 3.28.